The Morgan fingerprint density at radius 2 is 1.74 bits per heavy atom. The molecular formula is C27H37NO7. The van der Waals surface area contributed by atoms with Crippen molar-refractivity contribution in [3.05, 3.63) is 29.8 Å². The maximum Gasteiger partial charge on any atom is 0.407 e. The van der Waals surface area contributed by atoms with Crippen molar-refractivity contribution in [3.63, 3.8) is 0 Å². The van der Waals surface area contributed by atoms with Gasteiger partial charge in [-0.05, 0) is 80.9 Å². The fraction of sp³-hybridized carbons (Fsp3) is 0.667. The SMILES string of the molecule is CCOC(C=O)CCOc1ccc(C[C@H](NC(=O)OCC23CC4CC(CC(C4)C2)C3)C(=O)O)cc1. The Hall–Kier alpha value is -2.61. The van der Waals surface area contributed by atoms with E-state index in [0.29, 0.717) is 32.0 Å². The Bertz CT molecular complexity index is 849. The molecule has 1 unspecified atom stereocenters. The number of amides is 1. The lowest BCUT2D eigenvalue weighted by Crippen LogP contribution is -2.49. The zero-order chi connectivity index (χ0) is 24.8. The lowest BCUT2D eigenvalue weighted by molar-refractivity contribution is -0.139. The summed E-state index contributed by atoms with van der Waals surface area (Å²) in [5.74, 6) is 1.81. The fourth-order valence-corrected chi connectivity index (χ4v) is 6.72. The average Bonchev–Trinajstić information content (AvgIpc) is 2.82. The van der Waals surface area contributed by atoms with E-state index in [9.17, 15) is 19.5 Å². The Morgan fingerprint density at radius 1 is 1.11 bits per heavy atom. The number of ether oxygens (including phenoxy) is 3. The number of carboxylic acid groups (broad SMARTS) is 1. The number of alkyl carbamates (subject to hydrolysis) is 1. The van der Waals surface area contributed by atoms with Gasteiger partial charge in [-0.25, -0.2) is 9.59 Å². The second-order valence-corrected chi connectivity index (χ2v) is 10.6. The zero-order valence-electron chi connectivity index (χ0n) is 20.4. The molecule has 2 N–H and O–H groups in total. The van der Waals surface area contributed by atoms with Gasteiger partial charge in [-0.15, -0.1) is 0 Å². The van der Waals surface area contributed by atoms with Crippen LogP contribution in [0.25, 0.3) is 0 Å². The van der Waals surface area contributed by atoms with Gasteiger partial charge in [0.05, 0.1) is 13.2 Å². The van der Waals surface area contributed by atoms with Gasteiger partial charge in [0.15, 0.2) is 0 Å². The van der Waals surface area contributed by atoms with Crippen LogP contribution in [-0.4, -0.2) is 55.4 Å². The predicted octanol–water partition coefficient (Wildman–Crippen LogP) is 4.00. The molecule has 0 heterocycles. The third-order valence-electron chi connectivity index (χ3n) is 7.83. The molecule has 8 nitrogen and oxygen atoms in total. The highest BCUT2D eigenvalue weighted by atomic mass is 16.5. The first-order valence-corrected chi connectivity index (χ1v) is 12.8. The molecule has 0 radical (unpaired) electrons. The maximum atomic E-state index is 12.5. The number of aldehydes is 1. The van der Waals surface area contributed by atoms with E-state index in [1.54, 1.807) is 24.3 Å². The number of hydrogen-bond acceptors (Lipinski definition) is 6. The summed E-state index contributed by atoms with van der Waals surface area (Å²) in [4.78, 5) is 35.2. The standard InChI is InChI=1S/C27H37NO7/c1-2-33-23(16-29)7-8-34-22-5-3-18(4-6-22)12-24(25(30)31)28-26(32)35-17-27-13-19-9-20(14-27)11-21(10-19)15-27/h3-6,16,19-21,23-24H,2,7-15,17H2,1H3,(H,28,32)(H,30,31)/t19?,20?,21?,23?,24-,27?/m0/s1. The van der Waals surface area contributed by atoms with E-state index in [4.69, 9.17) is 14.2 Å². The quantitative estimate of drug-likeness (QED) is 0.405. The first-order valence-electron chi connectivity index (χ1n) is 12.8. The Morgan fingerprint density at radius 3 is 2.29 bits per heavy atom. The van der Waals surface area contributed by atoms with Crippen LogP contribution in [0, 0.1) is 23.2 Å². The summed E-state index contributed by atoms with van der Waals surface area (Å²) in [6.07, 6.45) is 7.57. The summed E-state index contributed by atoms with van der Waals surface area (Å²) < 4.78 is 16.5. The summed E-state index contributed by atoms with van der Waals surface area (Å²) in [7, 11) is 0. The third-order valence-corrected chi connectivity index (χ3v) is 7.83. The minimum Gasteiger partial charge on any atom is -0.493 e. The van der Waals surface area contributed by atoms with E-state index < -0.39 is 24.2 Å². The van der Waals surface area contributed by atoms with Gasteiger partial charge in [-0.3, -0.25) is 0 Å². The van der Waals surface area contributed by atoms with Crippen molar-refractivity contribution in [2.24, 2.45) is 23.2 Å². The van der Waals surface area contributed by atoms with Crippen molar-refractivity contribution < 1.29 is 33.7 Å². The fourth-order valence-electron chi connectivity index (χ4n) is 6.72. The highest BCUT2D eigenvalue weighted by Crippen LogP contribution is 2.60. The molecule has 0 spiro atoms. The van der Waals surface area contributed by atoms with Gasteiger partial charge >= 0.3 is 12.1 Å². The van der Waals surface area contributed by atoms with E-state index in [-0.39, 0.29) is 11.8 Å². The van der Waals surface area contributed by atoms with Gasteiger partial charge in [0.25, 0.3) is 0 Å². The molecule has 1 aromatic carbocycles. The maximum absolute atomic E-state index is 12.5. The summed E-state index contributed by atoms with van der Waals surface area (Å²) >= 11 is 0. The molecule has 192 valence electrons. The second-order valence-electron chi connectivity index (χ2n) is 10.6. The van der Waals surface area contributed by atoms with Crippen LogP contribution in [0.15, 0.2) is 24.3 Å². The lowest BCUT2D eigenvalue weighted by atomic mass is 9.50. The number of carbonyl (C=O) groups excluding carboxylic acids is 2. The molecule has 5 rings (SSSR count). The van der Waals surface area contributed by atoms with Crippen molar-refractivity contribution >= 4 is 18.3 Å². The zero-order valence-corrected chi connectivity index (χ0v) is 20.4. The topological polar surface area (TPSA) is 111 Å². The first kappa shape index (κ1) is 25.5. The number of hydrogen-bond donors (Lipinski definition) is 2. The van der Waals surface area contributed by atoms with Gasteiger partial charge in [-0.1, -0.05) is 12.1 Å². The van der Waals surface area contributed by atoms with Crippen molar-refractivity contribution in [1.29, 1.82) is 0 Å². The Kier molecular flexibility index (Phi) is 8.31. The van der Waals surface area contributed by atoms with Crippen LogP contribution in [0.5, 0.6) is 5.75 Å². The van der Waals surface area contributed by atoms with Crippen molar-refractivity contribution in [2.75, 3.05) is 19.8 Å². The minimum absolute atomic E-state index is 0.0923. The van der Waals surface area contributed by atoms with Gasteiger partial charge < -0.3 is 29.4 Å². The van der Waals surface area contributed by atoms with Crippen LogP contribution in [0.2, 0.25) is 0 Å². The third kappa shape index (κ3) is 6.75. The van der Waals surface area contributed by atoms with Crippen molar-refractivity contribution in [1.82, 2.24) is 5.32 Å². The molecule has 4 bridgehead atoms. The Labute approximate surface area is 206 Å². The van der Waals surface area contributed by atoms with Gasteiger partial charge in [0, 0.05) is 24.9 Å². The molecule has 4 fully saturated rings. The molecule has 4 saturated carbocycles. The molecular weight excluding hydrogens is 450 g/mol. The molecule has 4 aliphatic rings. The smallest absolute Gasteiger partial charge is 0.407 e. The second kappa shape index (κ2) is 11.4. The predicted molar refractivity (Wildman–Crippen MR) is 128 cm³/mol. The number of carbonyl (C=O) groups is 3. The lowest BCUT2D eigenvalue weighted by Gasteiger charge is -2.56. The van der Waals surface area contributed by atoms with E-state index in [0.717, 1.165) is 48.9 Å². The monoisotopic (exact) mass is 487 g/mol. The average molecular weight is 488 g/mol. The van der Waals surface area contributed by atoms with E-state index >= 15 is 0 Å². The van der Waals surface area contributed by atoms with Crippen molar-refractivity contribution in [2.45, 2.75) is 70.4 Å². The van der Waals surface area contributed by atoms with Crippen LogP contribution in [0.4, 0.5) is 4.79 Å². The van der Waals surface area contributed by atoms with E-state index in [1.165, 1.54) is 19.3 Å². The molecule has 0 saturated heterocycles. The van der Waals surface area contributed by atoms with Gasteiger partial charge in [-0.2, -0.15) is 0 Å². The molecule has 2 atom stereocenters. The van der Waals surface area contributed by atoms with Crippen LogP contribution in [0.1, 0.15) is 57.4 Å². The van der Waals surface area contributed by atoms with Crippen LogP contribution < -0.4 is 10.1 Å². The largest absolute Gasteiger partial charge is 0.493 e. The van der Waals surface area contributed by atoms with Gasteiger partial charge in [0.2, 0.25) is 0 Å². The number of aliphatic carboxylic acids is 1. The van der Waals surface area contributed by atoms with E-state index in [2.05, 4.69) is 5.32 Å². The number of carboxylic acids is 1. The van der Waals surface area contributed by atoms with Crippen LogP contribution >= 0.6 is 0 Å². The molecule has 35 heavy (non-hydrogen) atoms. The molecule has 4 aliphatic carbocycles. The molecule has 0 aliphatic heterocycles. The number of rotatable bonds is 13. The Balaban J connectivity index is 1.23. The van der Waals surface area contributed by atoms with Crippen molar-refractivity contribution in [3.8, 4) is 5.75 Å². The molecule has 0 aromatic heterocycles. The highest BCUT2D eigenvalue weighted by Gasteiger charge is 2.51. The van der Waals surface area contributed by atoms with Crippen LogP contribution in [-0.2, 0) is 25.5 Å². The summed E-state index contributed by atoms with van der Waals surface area (Å²) in [6.45, 7) is 3.01. The molecule has 1 aromatic rings. The summed E-state index contributed by atoms with van der Waals surface area (Å²) in [5.41, 5.74) is 0.848. The number of nitrogens with one attached hydrogen (secondary N) is 1. The summed E-state index contributed by atoms with van der Waals surface area (Å²) in [6, 6.07) is 5.96. The normalized spacial score (nSPS) is 28.2. The molecule has 1 amide bonds. The highest BCUT2D eigenvalue weighted by molar-refractivity contribution is 5.80. The minimum atomic E-state index is -1.10. The summed E-state index contributed by atoms with van der Waals surface area (Å²) in [5, 5.41) is 12.2. The van der Waals surface area contributed by atoms with Gasteiger partial charge in [0.1, 0.15) is 24.2 Å². The van der Waals surface area contributed by atoms with Crippen LogP contribution in [0.3, 0.4) is 0 Å². The molecule has 8 heteroatoms. The number of benzene rings is 1. The first-order chi connectivity index (χ1) is 16.9. The van der Waals surface area contributed by atoms with E-state index in [1.807, 2.05) is 6.92 Å².